The number of thioether (sulfide) groups is 1. The van der Waals surface area contributed by atoms with Gasteiger partial charge in [-0.2, -0.15) is 5.26 Å². The maximum absolute atomic E-state index is 11.5. The van der Waals surface area contributed by atoms with Crippen molar-refractivity contribution in [2.24, 2.45) is 0 Å². The standard InChI is InChI=1S/C18H12N2O3S/c19-10-13-3-1-2-4-14(13)11-23-15-7-5-12(6-8-15)9-16-17(21)20-18(22)24-16/h1-9H,11H2,(H,20,21,22)/b16-9-. The van der Waals surface area contributed by atoms with Gasteiger partial charge in [0.2, 0.25) is 0 Å². The summed E-state index contributed by atoms with van der Waals surface area (Å²) in [5, 5.41) is 10.9. The number of nitrogens with zero attached hydrogens (tertiary/aromatic N) is 1. The van der Waals surface area contributed by atoms with Crippen LogP contribution in [0.2, 0.25) is 0 Å². The van der Waals surface area contributed by atoms with Crippen LogP contribution in [-0.4, -0.2) is 11.1 Å². The van der Waals surface area contributed by atoms with Crippen LogP contribution in [-0.2, 0) is 11.4 Å². The van der Waals surface area contributed by atoms with Gasteiger partial charge >= 0.3 is 0 Å². The molecule has 0 bridgehead atoms. The van der Waals surface area contributed by atoms with Crippen LogP contribution < -0.4 is 10.1 Å². The van der Waals surface area contributed by atoms with E-state index in [1.54, 1.807) is 36.4 Å². The molecule has 24 heavy (non-hydrogen) atoms. The van der Waals surface area contributed by atoms with Crippen molar-refractivity contribution < 1.29 is 14.3 Å². The molecular weight excluding hydrogens is 324 g/mol. The van der Waals surface area contributed by atoms with E-state index in [0.29, 0.717) is 22.8 Å². The highest BCUT2D eigenvalue weighted by molar-refractivity contribution is 8.18. The second-order valence-corrected chi connectivity index (χ2v) is 5.99. The summed E-state index contributed by atoms with van der Waals surface area (Å²) in [6, 6.07) is 16.6. The third-order valence-corrected chi connectivity index (χ3v) is 4.16. The van der Waals surface area contributed by atoms with E-state index in [-0.39, 0.29) is 11.1 Å². The Hall–Kier alpha value is -3.04. The number of hydrogen-bond acceptors (Lipinski definition) is 5. The molecule has 0 radical (unpaired) electrons. The molecule has 0 atom stereocenters. The average molecular weight is 336 g/mol. The molecule has 2 amide bonds. The largest absolute Gasteiger partial charge is 0.489 e. The minimum Gasteiger partial charge on any atom is -0.489 e. The van der Waals surface area contributed by atoms with E-state index in [1.165, 1.54) is 0 Å². The number of imide groups is 1. The van der Waals surface area contributed by atoms with Gasteiger partial charge in [0.25, 0.3) is 11.1 Å². The number of amides is 2. The molecule has 3 rings (SSSR count). The van der Waals surface area contributed by atoms with Crippen LogP contribution in [0.15, 0.2) is 53.4 Å². The number of ether oxygens (including phenoxy) is 1. The molecule has 1 aliphatic heterocycles. The van der Waals surface area contributed by atoms with Crippen molar-refractivity contribution in [2.75, 3.05) is 0 Å². The average Bonchev–Trinajstić information content (AvgIpc) is 2.91. The van der Waals surface area contributed by atoms with Gasteiger partial charge < -0.3 is 4.74 Å². The van der Waals surface area contributed by atoms with Crippen molar-refractivity contribution in [3.63, 3.8) is 0 Å². The van der Waals surface area contributed by atoms with Crippen LogP contribution >= 0.6 is 11.8 Å². The van der Waals surface area contributed by atoms with E-state index in [9.17, 15) is 9.59 Å². The molecule has 0 aliphatic carbocycles. The highest BCUT2D eigenvalue weighted by atomic mass is 32.2. The van der Waals surface area contributed by atoms with Crippen LogP contribution in [0.1, 0.15) is 16.7 Å². The molecule has 1 aliphatic rings. The number of benzene rings is 2. The lowest BCUT2D eigenvalue weighted by Crippen LogP contribution is -2.17. The topological polar surface area (TPSA) is 79.2 Å². The van der Waals surface area contributed by atoms with Crippen molar-refractivity contribution >= 4 is 29.0 Å². The summed E-state index contributed by atoms with van der Waals surface area (Å²) in [6.07, 6.45) is 1.65. The van der Waals surface area contributed by atoms with Crippen molar-refractivity contribution in [3.8, 4) is 11.8 Å². The lowest BCUT2D eigenvalue weighted by Gasteiger charge is -2.07. The van der Waals surface area contributed by atoms with Gasteiger partial charge in [0.05, 0.1) is 16.5 Å². The molecule has 2 aromatic carbocycles. The predicted octanol–water partition coefficient (Wildman–Crippen LogP) is 3.46. The lowest BCUT2D eigenvalue weighted by molar-refractivity contribution is -0.115. The first-order valence-electron chi connectivity index (χ1n) is 7.11. The maximum Gasteiger partial charge on any atom is 0.290 e. The minimum atomic E-state index is -0.376. The Labute approximate surface area is 142 Å². The zero-order valence-electron chi connectivity index (χ0n) is 12.5. The van der Waals surface area contributed by atoms with Crippen molar-refractivity contribution in [2.45, 2.75) is 6.61 Å². The molecule has 0 unspecified atom stereocenters. The van der Waals surface area contributed by atoms with E-state index in [4.69, 9.17) is 10.00 Å². The summed E-state index contributed by atoms with van der Waals surface area (Å²) in [7, 11) is 0. The van der Waals surface area contributed by atoms with E-state index in [2.05, 4.69) is 11.4 Å². The third-order valence-electron chi connectivity index (χ3n) is 3.35. The number of nitrogens with one attached hydrogen (secondary N) is 1. The van der Waals surface area contributed by atoms with Crippen molar-refractivity contribution in [1.29, 1.82) is 5.26 Å². The van der Waals surface area contributed by atoms with Gasteiger partial charge in [-0.15, -0.1) is 0 Å². The normalized spacial score (nSPS) is 15.2. The summed E-state index contributed by atoms with van der Waals surface area (Å²) < 4.78 is 5.69. The highest BCUT2D eigenvalue weighted by Crippen LogP contribution is 2.26. The molecule has 0 spiro atoms. The van der Waals surface area contributed by atoms with Crippen molar-refractivity contribution in [1.82, 2.24) is 5.32 Å². The smallest absolute Gasteiger partial charge is 0.290 e. The third kappa shape index (κ3) is 3.65. The van der Waals surface area contributed by atoms with E-state index in [0.717, 1.165) is 22.9 Å². The van der Waals surface area contributed by atoms with Gasteiger partial charge in [-0.25, -0.2) is 0 Å². The number of carbonyl (C=O) groups is 2. The maximum atomic E-state index is 11.5. The van der Waals surface area contributed by atoms with Crippen LogP contribution in [0.25, 0.3) is 6.08 Å². The van der Waals surface area contributed by atoms with Gasteiger partial charge in [-0.05, 0) is 41.6 Å². The predicted molar refractivity (Wildman–Crippen MR) is 91.0 cm³/mol. The van der Waals surface area contributed by atoms with Gasteiger partial charge in [0, 0.05) is 5.56 Å². The molecular formula is C18H12N2O3S. The Bertz CT molecular complexity index is 867. The summed E-state index contributed by atoms with van der Waals surface area (Å²) >= 11 is 0.884. The Morgan fingerprint density at radius 2 is 1.88 bits per heavy atom. The fraction of sp³-hybridized carbons (Fsp3) is 0.0556. The van der Waals surface area contributed by atoms with E-state index >= 15 is 0 Å². The van der Waals surface area contributed by atoms with Gasteiger partial charge in [0.1, 0.15) is 12.4 Å². The fourth-order valence-electron chi connectivity index (χ4n) is 2.15. The second-order valence-electron chi connectivity index (χ2n) is 4.98. The number of carbonyl (C=O) groups excluding carboxylic acids is 2. The molecule has 0 saturated carbocycles. The second kappa shape index (κ2) is 7.02. The molecule has 1 saturated heterocycles. The van der Waals surface area contributed by atoms with Gasteiger partial charge in [-0.3, -0.25) is 14.9 Å². The van der Waals surface area contributed by atoms with Crippen LogP contribution in [0.4, 0.5) is 4.79 Å². The molecule has 1 fully saturated rings. The zero-order valence-corrected chi connectivity index (χ0v) is 13.3. The number of nitriles is 1. The van der Waals surface area contributed by atoms with Gasteiger partial charge in [0.15, 0.2) is 0 Å². The Balaban J connectivity index is 1.67. The quantitative estimate of drug-likeness (QED) is 0.865. The molecule has 6 heteroatoms. The highest BCUT2D eigenvalue weighted by Gasteiger charge is 2.24. The molecule has 118 valence electrons. The van der Waals surface area contributed by atoms with Crippen molar-refractivity contribution in [3.05, 3.63) is 70.1 Å². The molecule has 0 aromatic heterocycles. The Kier molecular flexibility index (Phi) is 4.64. The SMILES string of the molecule is N#Cc1ccccc1COc1ccc(/C=C2\SC(=O)NC2=O)cc1. The minimum absolute atomic E-state index is 0.303. The first kappa shape index (κ1) is 15.8. The molecule has 1 N–H and O–H groups in total. The van der Waals surface area contributed by atoms with E-state index in [1.807, 2.05) is 18.2 Å². The van der Waals surface area contributed by atoms with Crippen LogP contribution in [0, 0.1) is 11.3 Å². The van der Waals surface area contributed by atoms with Crippen LogP contribution in [0.5, 0.6) is 5.75 Å². The Morgan fingerprint density at radius 3 is 2.54 bits per heavy atom. The summed E-state index contributed by atoms with van der Waals surface area (Å²) in [6.45, 7) is 0.303. The van der Waals surface area contributed by atoms with E-state index < -0.39 is 0 Å². The Morgan fingerprint density at radius 1 is 1.12 bits per heavy atom. The fourth-order valence-corrected chi connectivity index (χ4v) is 2.83. The summed E-state index contributed by atoms with van der Waals surface area (Å²) in [4.78, 5) is 23.0. The molecule has 5 nitrogen and oxygen atoms in total. The number of hydrogen-bond donors (Lipinski definition) is 1. The first-order chi connectivity index (χ1) is 11.7. The van der Waals surface area contributed by atoms with Gasteiger partial charge in [-0.1, -0.05) is 30.3 Å². The zero-order chi connectivity index (χ0) is 16.9. The monoisotopic (exact) mass is 336 g/mol. The number of rotatable bonds is 4. The first-order valence-corrected chi connectivity index (χ1v) is 7.93. The molecule has 1 heterocycles. The molecule has 2 aromatic rings. The summed E-state index contributed by atoms with van der Waals surface area (Å²) in [5.74, 6) is 0.280. The lowest BCUT2D eigenvalue weighted by atomic mass is 10.1. The summed E-state index contributed by atoms with van der Waals surface area (Å²) in [5.41, 5.74) is 2.21. The van der Waals surface area contributed by atoms with Crippen LogP contribution in [0.3, 0.4) is 0 Å².